The summed E-state index contributed by atoms with van der Waals surface area (Å²) in [5.74, 6) is 0.962. The number of methoxy groups -OCH3 is 2. The lowest BCUT2D eigenvalue weighted by atomic mass is 10.0. The SMILES string of the molecule is COc1cc(Br)c2c(c1OC)C(=O)COCC2. The van der Waals surface area contributed by atoms with Crippen LogP contribution in [0.3, 0.4) is 0 Å². The minimum absolute atomic E-state index is 0.0750. The molecule has 0 amide bonds. The van der Waals surface area contributed by atoms with Crippen LogP contribution in [0.1, 0.15) is 15.9 Å². The molecule has 17 heavy (non-hydrogen) atoms. The van der Waals surface area contributed by atoms with Gasteiger partial charge in [0.05, 0.1) is 26.4 Å². The van der Waals surface area contributed by atoms with Crippen molar-refractivity contribution in [1.82, 2.24) is 0 Å². The molecule has 0 aliphatic carbocycles. The van der Waals surface area contributed by atoms with Gasteiger partial charge in [-0.3, -0.25) is 4.79 Å². The molecule has 0 spiro atoms. The van der Waals surface area contributed by atoms with Gasteiger partial charge in [0, 0.05) is 4.47 Å². The van der Waals surface area contributed by atoms with Crippen molar-refractivity contribution in [3.63, 3.8) is 0 Å². The highest BCUT2D eigenvalue weighted by atomic mass is 79.9. The molecular weight excluding hydrogens is 288 g/mol. The summed E-state index contributed by atoms with van der Waals surface area (Å²) in [6, 6.07) is 1.82. The van der Waals surface area contributed by atoms with Crippen LogP contribution in [0, 0.1) is 0 Å². The second-order valence-corrected chi connectivity index (χ2v) is 4.53. The van der Waals surface area contributed by atoms with Crippen LogP contribution in [-0.2, 0) is 11.2 Å². The lowest BCUT2D eigenvalue weighted by molar-refractivity contribution is 0.0786. The molecule has 1 aliphatic rings. The lowest BCUT2D eigenvalue weighted by Gasteiger charge is -2.15. The zero-order valence-corrected chi connectivity index (χ0v) is 11.3. The third-order valence-electron chi connectivity index (χ3n) is 2.73. The molecule has 0 bridgehead atoms. The number of hydrogen-bond donors (Lipinski definition) is 0. The number of benzene rings is 1. The van der Waals surface area contributed by atoms with E-state index in [2.05, 4.69) is 15.9 Å². The van der Waals surface area contributed by atoms with Crippen molar-refractivity contribution < 1.29 is 19.0 Å². The van der Waals surface area contributed by atoms with Gasteiger partial charge in [-0.1, -0.05) is 15.9 Å². The molecule has 1 heterocycles. The van der Waals surface area contributed by atoms with Crippen LogP contribution in [0.5, 0.6) is 11.5 Å². The number of carbonyl (C=O) groups excluding carboxylic acids is 1. The van der Waals surface area contributed by atoms with E-state index in [1.807, 2.05) is 6.07 Å². The van der Waals surface area contributed by atoms with Crippen molar-refractivity contribution >= 4 is 21.7 Å². The maximum Gasteiger partial charge on any atom is 0.192 e. The Bertz CT molecular complexity index is 456. The van der Waals surface area contributed by atoms with E-state index in [4.69, 9.17) is 14.2 Å². The van der Waals surface area contributed by atoms with E-state index in [0.29, 0.717) is 30.1 Å². The third kappa shape index (κ3) is 2.17. The summed E-state index contributed by atoms with van der Waals surface area (Å²) >= 11 is 3.46. The fourth-order valence-electron chi connectivity index (χ4n) is 1.95. The van der Waals surface area contributed by atoms with Gasteiger partial charge in [0.15, 0.2) is 17.3 Å². The fourth-order valence-corrected chi connectivity index (χ4v) is 2.56. The van der Waals surface area contributed by atoms with Crippen LogP contribution in [0.4, 0.5) is 0 Å². The summed E-state index contributed by atoms with van der Waals surface area (Å²) in [7, 11) is 3.08. The molecule has 0 aromatic heterocycles. The van der Waals surface area contributed by atoms with E-state index in [0.717, 1.165) is 10.0 Å². The second-order valence-electron chi connectivity index (χ2n) is 3.67. The number of Topliss-reactive ketones (excluding diaryl/α,β-unsaturated/α-hetero) is 1. The van der Waals surface area contributed by atoms with Crippen molar-refractivity contribution in [1.29, 1.82) is 0 Å². The van der Waals surface area contributed by atoms with E-state index >= 15 is 0 Å². The summed E-state index contributed by atoms with van der Waals surface area (Å²) in [5.41, 5.74) is 1.49. The Morgan fingerprint density at radius 2 is 2.12 bits per heavy atom. The molecule has 1 aromatic rings. The first kappa shape index (κ1) is 12.4. The summed E-state index contributed by atoms with van der Waals surface area (Å²) < 4.78 is 16.6. The monoisotopic (exact) mass is 300 g/mol. The Hall–Kier alpha value is -1.07. The molecule has 1 aliphatic heterocycles. The largest absolute Gasteiger partial charge is 0.493 e. The molecule has 0 saturated heterocycles. The summed E-state index contributed by atoms with van der Waals surface area (Å²) in [6.45, 7) is 0.621. The van der Waals surface area contributed by atoms with Gasteiger partial charge in [-0.2, -0.15) is 0 Å². The van der Waals surface area contributed by atoms with E-state index in [9.17, 15) is 4.79 Å². The van der Waals surface area contributed by atoms with E-state index in [1.165, 1.54) is 7.11 Å². The smallest absolute Gasteiger partial charge is 0.192 e. The average molecular weight is 301 g/mol. The van der Waals surface area contributed by atoms with Crippen LogP contribution in [0.25, 0.3) is 0 Å². The summed E-state index contributed by atoms with van der Waals surface area (Å²) in [5, 5.41) is 0. The Balaban J connectivity index is 2.69. The predicted molar refractivity (Wildman–Crippen MR) is 66.1 cm³/mol. The topological polar surface area (TPSA) is 44.8 Å². The highest BCUT2D eigenvalue weighted by molar-refractivity contribution is 9.10. The Morgan fingerprint density at radius 3 is 2.76 bits per heavy atom. The first-order chi connectivity index (χ1) is 8.19. The maximum atomic E-state index is 12.0. The van der Waals surface area contributed by atoms with Crippen LogP contribution in [0.2, 0.25) is 0 Å². The standard InChI is InChI=1S/C12H13BrO4/c1-15-10-5-8(13)7-3-4-17-6-9(14)11(7)12(10)16-2/h5H,3-4,6H2,1-2H3. The van der Waals surface area contributed by atoms with Crippen molar-refractivity contribution in [2.45, 2.75) is 6.42 Å². The minimum Gasteiger partial charge on any atom is -0.493 e. The number of rotatable bonds is 2. The van der Waals surface area contributed by atoms with Gasteiger partial charge < -0.3 is 14.2 Å². The first-order valence-corrected chi connectivity index (χ1v) is 6.02. The maximum absolute atomic E-state index is 12.0. The highest BCUT2D eigenvalue weighted by Gasteiger charge is 2.25. The van der Waals surface area contributed by atoms with Gasteiger partial charge in [-0.05, 0) is 18.1 Å². The molecule has 5 heteroatoms. The predicted octanol–water partition coefficient (Wildman–Crippen LogP) is 2.22. The molecule has 4 nitrogen and oxygen atoms in total. The molecule has 0 atom stereocenters. The normalized spacial score (nSPS) is 15.1. The number of fused-ring (bicyclic) bond motifs is 1. The molecule has 92 valence electrons. The van der Waals surface area contributed by atoms with Gasteiger partial charge in [-0.15, -0.1) is 0 Å². The molecule has 0 radical (unpaired) electrons. The average Bonchev–Trinajstić information content (AvgIpc) is 2.52. The molecule has 0 N–H and O–H groups in total. The summed E-state index contributed by atoms with van der Waals surface area (Å²) in [4.78, 5) is 12.0. The molecule has 2 rings (SSSR count). The van der Waals surface area contributed by atoms with Crippen LogP contribution in [-0.4, -0.2) is 33.2 Å². The van der Waals surface area contributed by atoms with E-state index in [1.54, 1.807) is 7.11 Å². The van der Waals surface area contributed by atoms with E-state index < -0.39 is 0 Å². The summed E-state index contributed by atoms with van der Waals surface area (Å²) in [6.07, 6.45) is 0.683. The van der Waals surface area contributed by atoms with Gasteiger partial charge in [-0.25, -0.2) is 0 Å². The van der Waals surface area contributed by atoms with Crippen LogP contribution >= 0.6 is 15.9 Å². The zero-order valence-electron chi connectivity index (χ0n) is 9.71. The number of carbonyl (C=O) groups is 1. The molecule has 1 aromatic carbocycles. The van der Waals surface area contributed by atoms with Gasteiger partial charge in [0.1, 0.15) is 6.61 Å². The number of ketones is 1. The number of ether oxygens (including phenoxy) is 3. The second kappa shape index (κ2) is 5.06. The molecule has 0 saturated carbocycles. The van der Waals surface area contributed by atoms with Crippen LogP contribution < -0.4 is 9.47 Å². The van der Waals surface area contributed by atoms with Gasteiger partial charge in [0.2, 0.25) is 0 Å². The number of halogens is 1. The van der Waals surface area contributed by atoms with Crippen LogP contribution in [0.15, 0.2) is 10.5 Å². The van der Waals surface area contributed by atoms with Crippen molar-refractivity contribution in [2.75, 3.05) is 27.4 Å². The molecule has 0 fully saturated rings. The van der Waals surface area contributed by atoms with E-state index in [-0.39, 0.29) is 12.4 Å². The number of hydrogen-bond acceptors (Lipinski definition) is 4. The zero-order chi connectivity index (χ0) is 12.4. The van der Waals surface area contributed by atoms with Crippen molar-refractivity contribution in [3.05, 3.63) is 21.7 Å². The van der Waals surface area contributed by atoms with Crippen molar-refractivity contribution in [2.24, 2.45) is 0 Å². The van der Waals surface area contributed by atoms with Crippen molar-refractivity contribution in [3.8, 4) is 11.5 Å². The quantitative estimate of drug-likeness (QED) is 0.840. The minimum atomic E-state index is -0.0750. The fraction of sp³-hybridized carbons (Fsp3) is 0.417. The highest BCUT2D eigenvalue weighted by Crippen LogP contribution is 2.39. The molecular formula is C12H13BrO4. The Labute approximate surface area is 108 Å². The first-order valence-electron chi connectivity index (χ1n) is 5.23. The lowest BCUT2D eigenvalue weighted by Crippen LogP contribution is -2.10. The third-order valence-corrected chi connectivity index (χ3v) is 3.44. The Kier molecular flexibility index (Phi) is 3.69. The van der Waals surface area contributed by atoms with Gasteiger partial charge in [0.25, 0.3) is 0 Å². The Morgan fingerprint density at radius 1 is 1.35 bits per heavy atom. The molecule has 0 unspecified atom stereocenters. The van der Waals surface area contributed by atoms with Gasteiger partial charge >= 0.3 is 0 Å².